The number of carbonyl (C=O) groups excluding carboxylic acids is 1. The molecule has 1 aliphatic heterocycles. The van der Waals surface area contributed by atoms with Gasteiger partial charge in [0.15, 0.2) is 28.8 Å². The molecular formula is C19H17FO5. The Labute approximate surface area is 144 Å². The minimum Gasteiger partial charge on any atom is -0.493 e. The molecule has 0 fully saturated rings. The number of Topliss-reactive ketones (excluding diaryl/α,β-unsaturated/α-hetero) is 1. The summed E-state index contributed by atoms with van der Waals surface area (Å²) < 4.78 is 35.0. The lowest BCUT2D eigenvalue weighted by Crippen LogP contribution is -2.19. The molecule has 0 aromatic heterocycles. The summed E-state index contributed by atoms with van der Waals surface area (Å²) in [5, 5.41) is 0. The summed E-state index contributed by atoms with van der Waals surface area (Å²) in [4.78, 5) is 12.6. The van der Waals surface area contributed by atoms with Gasteiger partial charge in [0.05, 0.1) is 26.9 Å². The quantitative estimate of drug-likeness (QED) is 0.795. The van der Waals surface area contributed by atoms with Gasteiger partial charge in [0, 0.05) is 5.57 Å². The third kappa shape index (κ3) is 3.03. The first kappa shape index (κ1) is 16.8. The van der Waals surface area contributed by atoms with E-state index in [1.807, 2.05) is 0 Å². The van der Waals surface area contributed by atoms with Gasteiger partial charge in [-0.3, -0.25) is 4.79 Å². The van der Waals surface area contributed by atoms with Crippen molar-refractivity contribution in [2.75, 3.05) is 27.9 Å². The topological polar surface area (TPSA) is 54.0 Å². The Bertz CT molecular complexity index is 832. The van der Waals surface area contributed by atoms with Crippen LogP contribution in [0.3, 0.4) is 0 Å². The van der Waals surface area contributed by atoms with Crippen molar-refractivity contribution in [1.29, 1.82) is 0 Å². The van der Waals surface area contributed by atoms with Crippen molar-refractivity contribution in [2.24, 2.45) is 0 Å². The first-order valence-corrected chi connectivity index (χ1v) is 7.55. The lowest BCUT2D eigenvalue weighted by Gasteiger charge is -2.19. The van der Waals surface area contributed by atoms with Crippen LogP contribution < -0.4 is 18.9 Å². The van der Waals surface area contributed by atoms with Crippen LogP contribution in [0.25, 0.3) is 6.08 Å². The number of fused-ring (bicyclic) bond motifs is 1. The van der Waals surface area contributed by atoms with Gasteiger partial charge in [-0.1, -0.05) is 6.07 Å². The van der Waals surface area contributed by atoms with Gasteiger partial charge in [0.1, 0.15) is 6.61 Å². The number of halogens is 1. The molecule has 5 nitrogen and oxygen atoms in total. The highest BCUT2D eigenvalue weighted by atomic mass is 19.1. The maximum atomic E-state index is 13.7. The van der Waals surface area contributed by atoms with Crippen molar-refractivity contribution >= 4 is 11.9 Å². The van der Waals surface area contributed by atoms with Crippen molar-refractivity contribution in [3.05, 3.63) is 52.8 Å². The molecule has 0 unspecified atom stereocenters. The number of hydrogen-bond acceptors (Lipinski definition) is 5. The monoisotopic (exact) mass is 344 g/mol. The Morgan fingerprint density at radius 3 is 2.36 bits per heavy atom. The van der Waals surface area contributed by atoms with E-state index in [0.29, 0.717) is 28.4 Å². The van der Waals surface area contributed by atoms with E-state index in [-0.39, 0.29) is 23.7 Å². The zero-order valence-electron chi connectivity index (χ0n) is 14.1. The smallest absolute Gasteiger partial charge is 0.203 e. The van der Waals surface area contributed by atoms with E-state index in [1.165, 1.54) is 33.5 Å². The lowest BCUT2D eigenvalue weighted by molar-refractivity contribution is 0.0998. The van der Waals surface area contributed by atoms with Crippen LogP contribution in [0, 0.1) is 5.82 Å². The number of hydrogen-bond donors (Lipinski definition) is 0. The zero-order chi connectivity index (χ0) is 18.0. The molecule has 25 heavy (non-hydrogen) atoms. The SMILES string of the molecule is COc1cc(/C=C2/COc3c(F)cccc3C2=O)cc(OC)c1OC. The van der Waals surface area contributed by atoms with Gasteiger partial charge in [-0.2, -0.15) is 0 Å². The normalized spacial score (nSPS) is 14.7. The van der Waals surface area contributed by atoms with E-state index in [0.717, 1.165) is 0 Å². The molecule has 0 bridgehead atoms. The predicted octanol–water partition coefficient (Wildman–Crippen LogP) is 3.51. The van der Waals surface area contributed by atoms with Crippen molar-refractivity contribution in [3.63, 3.8) is 0 Å². The molecule has 1 heterocycles. The summed E-state index contributed by atoms with van der Waals surface area (Å²) >= 11 is 0. The third-order valence-corrected chi connectivity index (χ3v) is 3.90. The summed E-state index contributed by atoms with van der Waals surface area (Å²) in [6.07, 6.45) is 1.67. The van der Waals surface area contributed by atoms with Gasteiger partial charge < -0.3 is 18.9 Å². The fraction of sp³-hybridized carbons (Fsp3) is 0.211. The minimum atomic E-state index is -0.544. The molecular weight excluding hydrogens is 327 g/mol. The summed E-state index contributed by atoms with van der Waals surface area (Å²) in [7, 11) is 4.55. The van der Waals surface area contributed by atoms with E-state index in [4.69, 9.17) is 18.9 Å². The predicted molar refractivity (Wildman–Crippen MR) is 90.3 cm³/mol. The van der Waals surface area contributed by atoms with E-state index < -0.39 is 5.82 Å². The lowest BCUT2D eigenvalue weighted by atomic mass is 9.98. The molecule has 0 saturated heterocycles. The summed E-state index contributed by atoms with van der Waals surface area (Å²) in [5.74, 6) is 0.598. The molecule has 2 aromatic carbocycles. The second-order valence-electron chi connectivity index (χ2n) is 5.36. The first-order valence-electron chi connectivity index (χ1n) is 7.55. The van der Waals surface area contributed by atoms with Crippen LogP contribution in [0.15, 0.2) is 35.9 Å². The highest BCUT2D eigenvalue weighted by Crippen LogP contribution is 2.39. The van der Waals surface area contributed by atoms with Crippen molar-refractivity contribution in [3.8, 4) is 23.0 Å². The fourth-order valence-electron chi connectivity index (χ4n) is 2.72. The number of ether oxygens (including phenoxy) is 4. The van der Waals surface area contributed by atoms with Crippen molar-refractivity contribution in [1.82, 2.24) is 0 Å². The number of ketones is 1. The van der Waals surface area contributed by atoms with Crippen LogP contribution in [-0.2, 0) is 0 Å². The molecule has 3 rings (SSSR count). The average molecular weight is 344 g/mol. The van der Waals surface area contributed by atoms with Gasteiger partial charge in [0.25, 0.3) is 0 Å². The summed E-state index contributed by atoms with van der Waals surface area (Å²) in [5.41, 5.74) is 1.30. The van der Waals surface area contributed by atoms with E-state index in [9.17, 15) is 9.18 Å². The highest BCUT2D eigenvalue weighted by Gasteiger charge is 2.26. The van der Waals surface area contributed by atoms with Crippen LogP contribution in [0.1, 0.15) is 15.9 Å². The maximum absolute atomic E-state index is 13.7. The van der Waals surface area contributed by atoms with Gasteiger partial charge >= 0.3 is 0 Å². The second kappa shape index (κ2) is 6.84. The number of methoxy groups -OCH3 is 3. The maximum Gasteiger partial charge on any atom is 0.203 e. The number of para-hydroxylation sites is 1. The largest absolute Gasteiger partial charge is 0.493 e. The number of carbonyl (C=O) groups is 1. The molecule has 0 N–H and O–H groups in total. The Hall–Kier alpha value is -3.02. The molecule has 130 valence electrons. The Kier molecular flexibility index (Phi) is 4.61. The third-order valence-electron chi connectivity index (χ3n) is 3.90. The Morgan fingerprint density at radius 2 is 1.76 bits per heavy atom. The molecule has 2 aromatic rings. The average Bonchev–Trinajstić information content (AvgIpc) is 2.63. The molecule has 6 heteroatoms. The Balaban J connectivity index is 2.03. The van der Waals surface area contributed by atoms with Crippen molar-refractivity contribution in [2.45, 2.75) is 0 Å². The van der Waals surface area contributed by atoms with Gasteiger partial charge in [0.2, 0.25) is 5.75 Å². The fourth-order valence-corrected chi connectivity index (χ4v) is 2.72. The van der Waals surface area contributed by atoms with Crippen LogP contribution in [-0.4, -0.2) is 33.7 Å². The van der Waals surface area contributed by atoms with E-state index in [2.05, 4.69) is 0 Å². The first-order chi connectivity index (χ1) is 12.1. The van der Waals surface area contributed by atoms with E-state index in [1.54, 1.807) is 24.3 Å². The zero-order valence-corrected chi connectivity index (χ0v) is 14.1. The van der Waals surface area contributed by atoms with Gasteiger partial charge in [-0.05, 0) is 35.9 Å². The molecule has 1 aliphatic rings. The number of benzene rings is 2. The van der Waals surface area contributed by atoms with Gasteiger partial charge in [-0.25, -0.2) is 4.39 Å². The van der Waals surface area contributed by atoms with Crippen molar-refractivity contribution < 1.29 is 28.1 Å². The van der Waals surface area contributed by atoms with Crippen LogP contribution in [0.4, 0.5) is 4.39 Å². The standard InChI is InChI=1S/C19H17FO5/c1-22-15-8-11(9-16(23-2)19(15)24-3)7-12-10-25-18-13(17(12)21)5-4-6-14(18)20/h4-9H,10H2,1-3H3/b12-7-. The Morgan fingerprint density at radius 1 is 1.08 bits per heavy atom. The van der Waals surface area contributed by atoms with Crippen LogP contribution in [0.5, 0.6) is 23.0 Å². The van der Waals surface area contributed by atoms with E-state index >= 15 is 0 Å². The molecule has 0 spiro atoms. The molecule has 0 saturated carbocycles. The molecule has 0 radical (unpaired) electrons. The second-order valence-corrected chi connectivity index (χ2v) is 5.36. The van der Waals surface area contributed by atoms with Crippen LogP contribution in [0.2, 0.25) is 0 Å². The summed E-state index contributed by atoms with van der Waals surface area (Å²) in [6.45, 7) is -0.0105. The highest BCUT2D eigenvalue weighted by molar-refractivity contribution is 6.14. The molecule has 0 aliphatic carbocycles. The molecule has 0 atom stereocenters. The summed E-state index contributed by atoms with van der Waals surface area (Å²) in [6, 6.07) is 7.74. The van der Waals surface area contributed by atoms with Crippen LogP contribution >= 0.6 is 0 Å². The molecule has 0 amide bonds. The van der Waals surface area contributed by atoms with Gasteiger partial charge in [-0.15, -0.1) is 0 Å². The number of rotatable bonds is 4. The minimum absolute atomic E-state index is 0.00505.